The molecule has 2 aliphatic rings. The Hall–Kier alpha value is 0.220. The van der Waals surface area contributed by atoms with Gasteiger partial charge in [0.25, 0.3) is 0 Å². The summed E-state index contributed by atoms with van der Waals surface area (Å²) in [6.07, 6.45) is 5.97. The first-order valence-electron chi connectivity index (χ1n) is 3.43. The van der Waals surface area contributed by atoms with Crippen molar-refractivity contribution in [3.05, 3.63) is 12.2 Å². The summed E-state index contributed by atoms with van der Waals surface area (Å²) in [6, 6.07) is 0. The predicted octanol–water partition coefficient (Wildman–Crippen LogP) is 2.74. The molecule has 1 heteroatoms. The van der Waals surface area contributed by atoms with Gasteiger partial charge in [-0.3, -0.25) is 0 Å². The summed E-state index contributed by atoms with van der Waals surface area (Å²) < 4.78 is 0. The van der Waals surface area contributed by atoms with Crippen LogP contribution in [0.5, 0.6) is 0 Å². The number of allylic oxidation sites excluding steroid dienone is 2. The Morgan fingerprint density at radius 3 is 2.00 bits per heavy atom. The number of rotatable bonds is 1. The van der Waals surface area contributed by atoms with Gasteiger partial charge in [-0.1, -0.05) is 41.9 Å². The highest BCUT2D eigenvalue weighted by Gasteiger charge is 2.61. The smallest absolute Gasteiger partial charge is 0.0217 e. The van der Waals surface area contributed by atoms with Gasteiger partial charge < -0.3 is 0 Å². The van der Waals surface area contributed by atoms with E-state index in [0.29, 0.717) is 10.8 Å². The van der Waals surface area contributed by atoms with Gasteiger partial charge in [0.1, 0.15) is 0 Å². The zero-order valence-corrected chi connectivity index (χ0v) is 7.40. The Balaban J connectivity index is 2.15. The highest BCUT2D eigenvalue weighted by Crippen LogP contribution is 2.67. The van der Waals surface area contributed by atoms with Crippen LogP contribution in [0.1, 0.15) is 20.3 Å². The third-order valence-corrected chi connectivity index (χ3v) is 4.37. The van der Waals surface area contributed by atoms with Crippen molar-refractivity contribution in [2.75, 3.05) is 0 Å². The van der Waals surface area contributed by atoms with Gasteiger partial charge in [0, 0.05) is 10.2 Å². The average molecular weight is 187 g/mol. The summed E-state index contributed by atoms with van der Waals surface area (Å²) in [5.41, 5.74) is 1.04. The first kappa shape index (κ1) is 5.96. The minimum atomic E-state index is 0.473. The Bertz CT molecular complexity index is 177. The first-order chi connectivity index (χ1) is 4.08. The lowest BCUT2D eigenvalue weighted by atomic mass is 9.87. The molecular formula is C8H11Br. The van der Waals surface area contributed by atoms with Crippen LogP contribution in [-0.4, -0.2) is 4.83 Å². The summed E-state index contributed by atoms with van der Waals surface area (Å²) in [4.78, 5) is 0.769. The van der Waals surface area contributed by atoms with Gasteiger partial charge in [0.15, 0.2) is 0 Å². The van der Waals surface area contributed by atoms with Gasteiger partial charge in [-0.05, 0) is 11.8 Å². The van der Waals surface area contributed by atoms with E-state index in [1.807, 2.05) is 0 Å². The topological polar surface area (TPSA) is 0 Å². The SMILES string of the molecule is CC1([C@]2(C)C[C@@H]2Br)C=C1. The zero-order valence-electron chi connectivity index (χ0n) is 5.82. The molecule has 9 heavy (non-hydrogen) atoms. The Kier molecular flexibility index (Phi) is 0.855. The fourth-order valence-corrected chi connectivity index (χ4v) is 2.54. The van der Waals surface area contributed by atoms with Gasteiger partial charge in [-0.25, -0.2) is 0 Å². The molecule has 50 valence electrons. The molecule has 0 aliphatic heterocycles. The number of alkyl halides is 1. The molecular weight excluding hydrogens is 176 g/mol. The maximum atomic E-state index is 3.64. The quantitative estimate of drug-likeness (QED) is 0.437. The van der Waals surface area contributed by atoms with Crippen LogP contribution in [0.25, 0.3) is 0 Å². The third-order valence-electron chi connectivity index (χ3n) is 3.03. The van der Waals surface area contributed by atoms with Crippen LogP contribution >= 0.6 is 15.9 Å². The van der Waals surface area contributed by atoms with Crippen molar-refractivity contribution in [1.29, 1.82) is 0 Å². The minimum Gasteiger partial charge on any atom is -0.0884 e. The molecule has 1 saturated carbocycles. The van der Waals surface area contributed by atoms with Crippen LogP contribution in [-0.2, 0) is 0 Å². The maximum absolute atomic E-state index is 3.64. The summed E-state index contributed by atoms with van der Waals surface area (Å²) in [7, 11) is 0. The highest BCUT2D eigenvalue weighted by molar-refractivity contribution is 9.09. The monoisotopic (exact) mass is 186 g/mol. The standard InChI is InChI=1S/C8H11Br/c1-7(3-4-7)8(2)5-6(8)9/h3-4,6H,5H2,1-2H3/t6-,8+/m0/s1. The molecule has 1 fully saturated rings. The molecule has 0 aromatic heterocycles. The van der Waals surface area contributed by atoms with Crippen LogP contribution in [0, 0.1) is 10.8 Å². The van der Waals surface area contributed by atoms with Crippen molar-refractivity contribution in [1.82, 2.24) is 0 Å². The van der Waals surface area contributed by atoms with Crippen LogP contribution in [0.4, 0.5) is 0 Å². The Labute approximate surface area is 64.5 Å². The first-order valence-corrected chi connectivity index (χ1v) is 4.35. The molecule has 0 saturated heterocycles. The van der Waals surface area contributed by atoms with E-state index >= 15 is 0 Å². The van der Waals surface area contributed by atoms with E-state index < -0.39 is 0 Å². The van der Waals surface area contributed by atoms with Crippen molar-refractivity contribution in [3.8, 4) is 0 Å². The molecule has 0 aromatic carbocycles. The second kappa shape index (κ2) is 1.29. The van der Waals surface area contributed by atoms with Gasteiger partial charge >= 0.3 is 0 Å². The van der Waals surface area contributed by atoms with E-state index in [-0.39, 0.29) is 0 Å². The second-order valence-electron chi connectivity index (χ2n) is 3.71. The van der Waals surface area contributed by atoms with E-state index in [4.69, 9.17) is 0 Å². The molecule has 2 atom stereocenters. The minimum absolute atomic E-state index is 0.473. The van der Waals surface area contributed by atoms with E-state index in [1.54, 1.807) is 0 Å². The molecule has 2 rings (SSSR count). The van der Waals surface area contributed by atoms with Gasteiger partial charge in [-0.2, -0.15) is 0 Å². The summed E-state index contributed by atoms with van der Waals surface area (Å²) in [5.74, 6) is 0. The van der Waals surface area contributed by atoms with Crippen LogP contribution < -0.4 is 0 Å². The lowest BCUT2D eigenvalue weighted by molar-refractivity contribution is 0.385. The molecule has 0 bridgehead atoms. The Morgan fingerprint density at radius 1 is 1.44 bits per heavy atom. The third kappa shape index (κ3) is 0.590. The van der Waals surface area contributed by atoms with Crippen molar-refractivity contribution in [2.45, 2.75) is 25.1 Å². The van der Waals surface area contributed by atoms with Gasteiger partial charge in [0.2, 0.25) is 0 Å². The molecule has 0 aromatic rings. The zero-order chi connectivity index (χ0) is 6.70. The van der Waals surface area contributed by atoms with Gasteiger partial charge in [-0.15, -0.1) is 0 Å². The lowest BCUT2D eigenvalue weighted by Gasteiger charge is -2.17. The fourth-order valence-electron chi connectivity index (χ4n) is 1.38. The van der Waals surface area contributed by atoms with Crippen LogP contribution in [0.3, 0.4) is 0 Å². The van der Waals surface area contributed by atoms with Crippen molar-refractivity contribution in [2.24, 2.45) is 10.8 Å². The highest BCUT2D eigenvalue weighted by atomic mass is 79.9. The Morgan fingerprint density at radius 2 is 1.89 bits per heavy atom. The molecule has 0 spiro atoms. The predicted molar refractivity (Wildman–Crippen MR) is 42.7 cm³/mol. The second-order valence-corrected chi connectivity index (χ2v) is 4.81. The normalized spacial score (nSPS) is 51.2. The largest absolute Gasteiger partial charge is 0.0884 e. The van der Waals surface area contributed by atoms with E-state index in [1.165, 1.54) is 6.42 Å². The number of halogens is 1. The number of hydrogen-bond acceptors (Lipinski definition) is 0. The maximum Gasteiger partial charge on any atom is 0.0217 e. The molecule has 0 unspecified atom stereocenters. The van der Waals surface area contributed by atoms with Gasteiger partial charge in [0.05, 0.1) is 0 Å². The average Bonchev–Trinajstić information content (AvgIpc) is 2.57. The van der Waals surface area contributed by atoms with Crippen molar-refractivity contribution in [3.63, 3.8) is 0 Å². The fraction of sp³-hybridized carbons (Fsp3) is 0.750. The van der Waals surface area contributed by atoms with E-state index in [2.05, 4.69) is 41.9 Å². The van der Waals surface area contributed by atoms with E-state index in [0.717, 1.165) is 4.83 Å². The summed E-state index contributed by atoms with van der Waals surface area (Å²) in [6.45, 7) is 4.67. The van der Waals surface area contributed by atoms with Crippen LogP contribution in [0.15, 0.2) is 12.2 Å². The summed E-state index contributed by atoms with van der Waals surface area (Å²) >= 11 is 3.64. The molecule has 0 N–H and O–H groups in total. The lowest BCUT2D eigenvalue weighted by Crippen LogP contribution is -2.13. The molecule has 0 radical (unpaired) electrons. The van der Waals surface area contributed by atoms with Crippen molar-refractivity contribution >= 4 is 15.9 Å². The summed E-state index contributed by atoms with van der Waals surface area (Å²) in [5, 5.41) is 0. The molecule has 0 amide bonds. The molecule has 2 aliphatic carbocycles. The molecule has 0 nitrogen and oxygen atoms in total. The number of hydrogen-bond donors (Lipinski definition) is 0. The molecule has 0 heterocycles. The van der Waals surface area contributed by atoms with Crippen molar-refractivity contribution < 1.29 is 0 Å². The van der Waals surface area contributed by atoms with E-state index in [9.17, 15) is 0 Å². The van der Waals surface area contributed by atoms with Crippen LogP contribution in [0.2, 0.25) is 0 Å².